The van der Waals surface area contributed by atoms with E-state index >= 15 is 0 Å². The molecule has 138 valence electrons. The average Bonchev–Trinajstić information content (AvgIpc) is 3.31. The first-order valence-electron chi connectivity index (χ1n) is 8.11. The molecule has 1 aromatic heterocycles. The minimum absolute atomic E-state index is 0.157. The van der Waals surface area contributed by atoms with Crippen molar-refractivity contribution in [2.75, 3.05) is 26.0 Å². The van der Waals surface area contributed by atoms with Gasteiger partial charge in [-0.15, -0.1) is 23.1 Å². The van der Waals surface area contributed by atoms with E-state index in [9.17, 15) is 9.59 Å². The van der Waals surface area contributed by atoms with E-state index in [1.807, 2.05) is 17.5 Å². The first-order chi connectivity index (χ1) is 12.6. The lowest BCUT2D eigenvalue weighted by Crippen LogP contribution is -2.48. The van der Waals surface area contributed by atoms with Crippen LogP contribution in [0.4, 0.5) is 0 Å². The Hall–Kier alpha value is -1.54. The maximum atomic E-state index is 13.2. The van der Waals surface area contributed by atoms with Gasteiger partial charge in [0, 0.05) is 34.9 Å². The third kappa shape index (κ3) is 4.23. The van der Waals surface area contributed by atoms with E-state index in [1.54, 1.807) is 59.4 Å². The molecule has 26 heavy (non-hydrogen) atoms. The second-order valence-corrected chi connectivity index (χ2v) is 8.25. The number of thiophene rings is 1. The van der Waals surface area contributed by atoms with Crippen LogP contribution < -0.4 is 5.32 Å². The molecule has 0 radical (unpaired) electrons. The monoisotopic (exact) mass is 410 g/mol. The van der Waals surface area contributed by atoms with Gasteiger partial charge in [0.05, 0.1) is 6.61 Å². The third-order valence-corrected chi connectivity index (χ3v) is 6.65. The molecule has 2 heterocycles. The topological polar surface area (TPSA) is 58.6 Å². The normalized spacial score (nSPS) is 19.5. The number of carbonyl (C=O) groups excluding carboxylic acids is 2. The van der Waals surface area contributed by atoms with Crippen LogP contribution in [0.3, 0.4) is 0 Å². The molecule has 1 aromatic carbocycles. The van der Waals surface area contributed by atoms with E-state index in [1.165, 1.54) is 0 Å². The van der Waals surface area contributed by atoms with Crippen LogP contribution in [-0.4, -0.2) is 48.8 Å². The van der Waals surface area contributed by atoms with Gasteiger partial charge in [0.25, 0.3) is 5.91 Å². The second kappa shape index (κ2) is 8.90. The zero-order valence-electron chi connectivity index (χ0n) is 14.2. The molecule has 1 N–H and O–H groups in total. The highest BCUT2D eigenvalue weighted by molar-refractivity contribution is 7.99. The Kier molecular flexibility index (Phi) is 6.58. The minimum Gasteiger partial charge on any atom is -0.383 e. The summed E-state index contributed by atoms with van der Waals surface area (Å²) >= 11 is 9.13. The number of rotatable bonds is 6. The van der Waals surface area contributed by atoms with Crippen molar-refractivity contribution in [3.8, 4) is 0 Å². The second-order valence-electron chi connectivity index (χ2n) is 5.72. The molecular formula is C18H19ClN2O3S2. The van der Waals surface area contributed by atoms with Crippen molar-refractivity contribution in [2.24, 2.45) is 0 Å². The number of carbonyl (C=O) groups is 2. The molecule has 0 spiro atoms. The Morgan fingerprint density at radius 2 is 2.08 bits per heavy atom. The van der Waals surface area contributed by atoms with E-state index in [4.69, 9.17) is 16.3 Å². The van der Waals surface area contributed by atoms with E-state index in [0.29, 0.717) is 29.5 Å². The van der Waals surface area contributed by atoms with Crippen molar-refractivity contribution >= 4 is 46.5 Å². The maximum Gasteiger partial charge on any atom is 0.255 e. The molecule has 0 bridgehead atoms. The highest BCUT2D eigenvalue weighted by Gasteiger charge is 2.42. The van der Waals surface area contributed by atoms with Crippen LogP contribution in [0.25, 0.3) is 0 Å². The van der Waals surface area contributed by atoms with Crippen LogP contribution in [0.5, 0.6) is 0 Å². The summed E-state index contributed by atoms with van der Waals surface area (Å²) in [6, 6.07) is 10.2. The molecule has 3 rings (SSSR count). The third-order valence-electron chi connectivity index (χ3n) is 4.02. The number of halogens is 1. The Morgan fingerprint density at radius 3 is 2.73 bits per heavy atom. The number of hydrogen-bond acceptors (Lipinski definition) is 5. The molecule has 2 atom stereocenters. The van der Waals surface area contributed by atoms with E-state index in [2.05, 4.69) is 5.32 Å². The molecule has 1 aliphatic rings. The van der Waals surface area contributed by atoms with Crippen molar-refractivity contribution in [3.05, 3.63) is 57.2 Å². The zero-order valence-corrected chi connectivity index (χ0v) is 16.6. The lowest BCUT2D eigenvalue weighted by Gasteiger charge is -2.28. The fourth-order valence-corrected chi connectivity index (χ4v) is 5.26. The Morgan fingerprint density at radius 1 is 1.31 bits per heavy atom. The first-order valence-corrected chi connectivity index (χ1v) is 10.4. The van der Waals surface area contributed by atoms with Crippen molar-refractivity contribution in [1.82, 2.24) is 10.2 Å². The Balaban J connectivity index is 1.85. The smallest absolute Gasteiger partial charge is 0.255 e. The predicted octanol–water partition coefficient (Wildman–Crippen LogP) is 3.42. The predicted molar refractivity (Wildman–Crippen MR) is 106 cm³/mol. The van der Waals surface area contributed by atoms with Gasteiger partial charge in [-0.05, 0) is 35.7 Å². The van der Waals surface area contributed by atoms with Gasteiger partial charge in [0.1, 0.15) is 11.4 Å². The first kappa shape index (κ1) is 19.2. The lowest BCUT2D eigenvalue weighted by molar-refractivity contribution is -0.125. The standard InChI is InChI=1S/C18H19ClN2O3S2/c1-24-9-8-20-16(22)14-11-26-18(15-3-2-10-25-15)21(14)17(23)12-4-6-13(19)7-5-12/h2-7,10,14,18H,8-9,11H2,1H3,(H,20,22)/t14-,18+/m1/s1. The minimum atomic E-state index is -0.521. The van der Waals surface area contributed by atoms with E-state index < -0.39 is 6.04 Å². The summed E-state index contributed by atoms with van der Waals surface area (Å²) in [7, 11) is 1.58. The molecule has 8 heteroatoms. The molecule has 1 aliphatic heterocycles. The van der Waals surface area contributed by atoms with Crippen molar-refractivity contribution < 1.29 is 14.3 Å². The van der Waals surface area contributed by atoms with Gasteiger partial charge < -0.3 is 15.0 Å². The number of hydrogen-bond donors (Lipinski definition) is 1. The summed E-state index contributed by atoms with van der Waals surface area (Å²) in [6.45, 7) is 0.855. The quantitative estimate of drug-likeness (QED) is 0.741. The average molecular weight is 411 g/mol. The number of nitrogens with one attached hydrogen (secondary N) is 1. The number of nitrogens with zero attached hydrogens (tertiary/aromatic N) is 1. The van der Waals surface area contributed by atoms with Gasteiger partial charge in [-0.25, -0.2) is 0 Å². The van der Waals surface area contributed by atoms with Gasteiger partial charge in [-0.2, -0.15) is 0 Å². The van der Waals surface area contributed by atoms with E-state index in [-0.39, 0.29) is 17.2 Å². The molecule has 2 amide bonds. The van der Waals surface area contributed by atoms with Crippen LogP contribution in [0.2, 0.25) is 5.02 Å². The van der Waals surface area contributed by atoms with Crippen molar-refractivity contribution in [1.29, 1.82) is 0 Å². The Bertz CT molecular complexity index is 752. The molecule has 2 aromatic rings. The SMILES string of the molecule is COCCNC(=O)[C@H]1CS[C@@H](c2cccs2)N1C(=O)c1ccc(Cl)cc1. The number of ether oxygens (including phenoxy) is 1. The van der Waals surface area contributed by atoms with Gasteiger partial charge >= 0.3 is 0 Å². The zero-order chi connectivity index (χ0) is 18.5. The molecule has 0 unspecified atom stereocenters. The summed E-state index contributed by atoms with van der Waals surface area (Å²) < 4.78 is 4.98. The summed E-state index contributed by atoms with van der Waals surface area (Å²) in [5.41, 5.74) is 0.521. The molecule has 0 aliphatic carbocycles. The molecule has 1 fully saturated rings. The van der Waals surface area contributed by atoms with Crippen molar-refractivity contribution in [3.63, 3.8) is 0 Å². The van der Waals surface area contributed by atoms with Crippen LogP contribution >= 0.6 is 34.7 Å². The summed E-state index contributed by atoms with van der Waals surface area (Å²) in [5.74, 6) is 0.230. The van der Waals surface area contributed by atoms with Gasteiger partial charge in [0.2, 0.25) is 5.91 Å². The molecule has 0 saturated carbocycles. The van der Waals surface area contributed by atoms with Gasteiger partial charge in [0.15, 0.2) is 0 Å². The van der Waals surface area contributed by atoms with Gasteiger partial charge in [-0.1, -0.05) is 17.7 Å². The summed E-state index contributed by atoms with van der Waals surface area (Å²) in [4.78, 5) is 28.6. The number of benzene rings is 1. The van der Waals surface area contributed by atoms with Crippen LogP contribution in [0.15, 0.2) is 41.8 Å². The van der Waals surface area contributed by atoms with E-state index in [0.717, 1.165) is 4.88 Å². The van der Waals surface area contributed by atoms with Crippen LogP contribution in [-0.2, 0) is 9.53 Å². The number of thioether (sulfide) groups is 1. The summed E-state index contributed by atoms with van der Waals surface area (Å²) in [5, 5.41) is 5.23. The summed E-state index contributed by atoms with van der Waals surface area (Å²) in [6.07, 6.45) is 0. The number of amides is 2. The largest absolute Gasteiger partial charge is 0.383 e. The van der Waals surface area contributed by atoms with Crippen LogP contribution in [0, 0.1) is 0 Å². The highest BCUT2D eigenvalue weighted by atomic mass is 35.5. The van der Waals surface area contributed by atoms with Crippen molar-refractivity contribution in [2.45, 2.75) is 11.4 Å². The molecular weight excluding hydrogens is 392 g/mol. The fourth-order valence-electron chi connectivity index (χ4n) is 2.74. The lowest BCUT2D eigenvalue weighted by atomic mass is 10.1. The fraction of sp³-hybridized carbons (Fsp3) is 0.333. The molecule has 1 saturated heterocycles. The highest BCUT2D eigenvalue weighted by Crippen LogP contribution is 2.43. The molecule has 5 nitrogen and oxygen atoms in total. The maximum absolute atomic E-state index is 13.2. The number of methoxy groups -OCH3 is 1. The van der Waals surface area contributed by atoms with Gasteiger partial charge in [-0.3, -0.25) is 9.59 Å². The van der Waals surface area contributed by atoms with Crippen LogP contribution in [0.1, 0.15) is 20.6 Å². The Labute approximate surface area is 165 Å².